The lowest BCUT2D eigenvalue weighted by Gasteiger charge is -2.37. The van der Waals surface area contributed by atoms with Crippen LogP contribution in [-0.4, -0.2) is 74.3 Å². The smallest absolute Gasteiger partial charge is 0.247 e. The molecular formula is C25H29N8O2S+. The van der Waals surface area contributed by atoms with Crippen LogP contribution in [0.25, 0.3) is 21.6 Å². The fourth-order valence-electron chi connectivity index (χ4n) is 4.88. The van der Waals surface area contributed by atoms with Gasteiger partial charge in [-0.2, -0.15) is 4.98 Å². The summed E-state index contributed by atoms with van der Waals surface area (Å²) in [5.74, 6) is 1.73. The molecule has 2 saturated heterocycles. The molecule has 2 fully saturated rings. The maximum Gasteiger partial charge on any atom is 0.247 e. The van der Waals surface area contributed by atoms with E-state index in [9.17, 15) is 5.11 Å². The molecule has 2 aliphatic rings. The molecule has 0 unspecified atom stereocenters. The van der Waals surface area contributed by atoms with Crippen LogP contribution in [0.4, 0.5) is 11.8 Å². The van der Waals surface area contributed by atoms with Gasteiger partial charge in [-0.25, -0.2) is 15.0 Å². The largest absolute Gasteiger partial charge is 0.384 e. The maximum atomic E-state index is 11.7. The summed E-state index contributed by atoms with van der Waals surface area (Å²) in [5.41, 5.74) is 7.41. The second-order valence-corrected chi connectivity index (χ2v) is 10.4. The monoisotopic (exact) mass is 505 g/mol. The molecule has 11 heteroatoms. The first-order valence-electron chi connectivity index (χ1n) is 12.2. The van der Waals surface area contributed by atoms with E-state index in [0.717, 1.165) is 59.3 Å². The van der Waals surface area contributed by atoms with Crippen molar-refractivity contribution in [2.45, 2.75) is 25.0 Å². The van der Waals surface area contributed by atoms with Gasteiger partial charge in [0.15, 0.2) is 5.82 Å². The van der Waals surface area contributed by atoms with E-state index in [1.807, 2.05) is 30.5 Å². The normalized spacial score (nSPS) is 19.0. The summed E-state index contributed by atoms with van der Waals surface area (Å²) in [6, 6.07) is 8.03. The van der Waals surface area contributed by atoms with Gasteiger partial charge >= 0.3 is 0 Å². The number of nitrogens with two attached hydrogens (primary N) is 1. The maximum absolute atomic E-state index is 11.7. The summed E-state index contributed by atoms with van der Waals surface area (Å²) < 4.78 is 6.61. The zero-order valence-electron chi connectivity index (χ0n) is 19.9. The van der Waals surface area contributed by atoms with Gasteiger partial charge in [0.1, 0.15) is 23.4 Å². The van der Waals surface area contributed by atoms with Crippen LogP contribution in [0.2, 0.25) is 0 Å². The quantitative estimate of drug-likeness (QED) is 0.366. The van der Waals surface area contributed by atoms with Gasteiger partial charge in [0, 0.05) is 43.1 Å². The molecule has 0 amide bonds. The lowest BCUT2D eigenvalue weighted by atomic mass is 9.89. The SMILES string of the molecule is Nc1ncc(-c2nc([NH+]3CCOCC3)c3sc(C4(O)CCN(Cc5ccccn5)CC4)cc3n2)cn1. The first-order valence-corrected chi connectivity index (χ1v) is 13.1. The predicted octanol–water partition coefficient (Wildman–Crippen LogP) is 1.16. The number of morpholine rings is 1. The molecule has 0 saturated carbocycles. The number of thiophene rings is 1. The lowest BCUT2D eigenvalue weighted by molar-refractivity contribution is -0.843. The summed E-state index contributed by atoms with van der Waals surface area (Å²) in [4.78, 5) is 27.0. The minimum atomic E-state index is -0.881. The first-order chi connectivity index (χ1) is 17.6. The van der Waals surface area contributed by atoms with Crippen molar-refractivity contribution in [2.24, 2.45) is 0 Å². The highest BCUT2D eigenvalue weighted by molar-refractivity contribution is 7.19. The van der Waals surface area contributed by atoms with Crippen LogP contribution >= 0.6 is 11.3 Å². The highest BCUT2D eigenvalue weighted by Gasteiger charge is 2.37. The third-order valence-corrected chi connectivity index (χ3v) is 8.31. The van der Waals surface area contributed by atoms with Crippen molar-refractivity contribution in [3.05, 3.63) is 53.4 Å². The van der Waals surface area contributed by atoms with Gasteiger partial charge in [0.25, 0.3) is 0 Å². The molecule has 2 aliphatic heterocycles. The van der Waals surface area contributed by atoms with Crippen molar-refractivity contribution in [3.63, 3.8) is 0 Å². The molecular weight excluding hydrogens is 476 g/mol. The van der Waals surface area contributed by atoms with Gasteiger partial charge in [-0.3, -0.25) is 14.8 Å². The Kier molecular flexibility index (Phi) is 6.32. The number of piperidine rings is 1. The van der Waals surface area contributed by atoms with Gasteiger partial charge in [0.05, 0.1) is 30.0 Å². The topological polar surface area (TPSA) is 128 Å². The number of aromatic nitrogens is 5. The summed E-state index contributed by atoms with van der Waals surface area (Å²) in [6.07, 6.45) is 6.46. The minimum Gasteiger partial charge on any atom is -0.384 e. The van der Waals surface area contributed by atoms with Crippen LogP contribution in [0.1, 0.15) is 23.4 Å². The standard InChI is InChI=1S/C25H28N8O2S/c26-24-28-14-17(15-29-24)22-30-19-13-20(36-21(19)23(31-22)33-9-11-35-12-10-33)25(34)4-7-32(8-5-25)16-18-3-1-2-6-27-18/h1-3,6,13-15,34H,4-5,7-12,16H2,(H2,26,28,29)/p+1. The van der Waals surface area contributed by atoms with Gasteiger partial charge in [0.2, 0.25) is 11.8 Å². The molecule has 0 spiro atoms. The molecule has 4 aromatic rings. The number of hydrogen-bond acceptors (Lipinski definition) is 10. The number of fused-ring (bicyclic) bond motifs is 1. The molecule has 0 aliphatic carbocycles. The number of ether oxygens (including phenoxy) is 1. The molecule has 36 heavy (non-hydrogen) atoms. The Morgan fingerprint density at radius 2 is 1.86 bits per heavy atom. The number of nitrogens with zero attached hydrogens (tertiary/aromatic N) is 6. The average Bonchev–Trinajstić information content (AvgIpc) is 3.36. The molecule has 186 valence electrons. The Labute approximate surface area is 212 Å². The van der Waals surface area contributed by atoms with Crippen LogP contribution in [0, 0.1) is 0 Å². The minimum absolute atomic E-state index is 0.216. The molecule has 6 heterocycles. The van der Waals surface area contributed by atoms with E-state index in [1.165, 1.54) is 4.90 Å². The third-order valence-electron chi connectivity index (χ3n) is 6.99. The van der Waals surface area contributed by atoms with Crippen LogP contribution in [0.5, 0.6) is 0 Å². The highest BCUT2D eigenvalue weighted by Crippen LogP contribution is 2.41. The van der Waals surface area contributed by atoms with Gasteiger partial charge in [-0.15, -0.1) is 11.3 Å². The average molecular weight is 506 g/mol. The Bertz CT molecular complexity index is 1330. The highest BCUT2D eigenvalue weighted by atomic mass is 32.1. The summed E-state index contributed by atoms with van der Waals surface area (Å²) in [5, 5.41) is 11.7. The second kappa shape index (κ2) is 9.75. The molecule has 0 atom stereocenters. The van der Waals surface area contributed by atoms with Crippen LogP contribution in [-0.2, 0) is 16.9 Å². The molecule has 10 nitrogen and oxygen atoms in total. The number of pyridine rings is 1. The van der Waals surface area contributed by atoms with Crippen molar-refractivity contribution >= 4 is 33.3 Å². The Morgan fingerprint density at radius 3 is 2.58 bits per heavy atom. The molecule has 0 aromatic carbocycles. The summed E-state index contributed by atoms with van der Waals surface area (Å²) >= 11 is 1.62. The van der Waals surface area contributed by atoms with E-state index in [0.29, 0.717) is 37.4 Å². The third kappa shape index (κ3) is 4.67. The Morgan fingerprint density at radius 1 is 1.08 bits per heavy atom. The Hall–Kier alpha value is -3.09. The van der Waals surface area contributed by atoms with Gasteiger partial charge in [-0.05, 0) is 31.0 Å². The number of rotatable bonds is 5. The first kappa shape index (κ1) is 23.3. The van der Waals surface area contributed by atoms with E-state index >= 15 is 0 Å². The van der Waals surface area contributed by atoms with Crippen molar-refractivity contribution in [3.8, 4) is 11.4 Å². The number of nitrogen functional groups attached to an aromatic ring is 1. The van der Waals surface area contributed by atoms with Gasteiger partial charge < -0.3 is 15.6 Å². The van der Waals surface area contributed by atoms with Crippen LogP contribution in [0.15, 0.2) is 42.9 Å². The van der Waals surface area contributed by atoms with E-state index in [4.69, 9.17) is 20.4 Å². The number of likely N-dealkylation sites (tertiary alicyclic amines) is 1. The molecule has 6 rings (SSSR count). The number of aliphatic hydroxyl groups is 1. The fraction of sp³-hybridized carbons (Fsp3) is 0.400. The van der Waals surface area contributed by atoms with Gasteiger partial charge in [-0.1, -0.05) is 6.07 Å². The number of nitrogens with one attached hydrogen (secondary N) is 1. The lowest BCUT2D eigenvalue weighted by Crippen LogP contribution is -3.09. The van der Waals surface area contributed by atoms with E-state index in [1.54, 1.807) is 23.7 Å². The number of quaternary nitrogens is 1. The van der Waals surface area contributed by atoms with Crippen LogP contribution < -0.4 is 10.6 Å². The fourth-order valence-corrected chi connectivity index (χ4v) is 6.16. The van der Waals surface area contributed by atoms with E-state index in [2.05, 4.69) is 19.9 Å². The van der Waals surface area contributed by atoms with E-state index in [-0.39, 0.29) is 5.95 Å². The molecule has 4 N–H and O–H groups in total. The molecule has 0 bridgehead atoms. The second-order valence-electron chi connectivity index (χ2n) is 9.40. The van der Waals surface area contributed by atoms with Crippen molar-refractivity contribution in [1.29, 1.82) is 0 Å². The number of anilines is 1. The zero-order chi connectivity index (χ0) is 24.5. The summed E-state index contributed by atoms with van der Waals surface area (Å²) in [6.45, 7) is 5.47. The van der Waals surface area contributed by atoms with Crippen molar-refractivity contribution in [2.75, 3.05) is 45.1 Å². The van der Waals surface area contributed by atoms with Crippen molar-refractivity contribution < 1.29 is 14.7 Å². The van der Waals surface area contributed by atoms with E-state index < -0.39 is 5.60 Å². The predicted molar refractivity (Wildman–Crippen MR) is 137 cm³/mol. The zero-order valence-corrected chi connectivity index (χ0v) is 20.7. The Balaban J connectivity index is 1.31. The van der Waals surface area contributed by atoms with Crippen LogP contribution in [0.3, 0.4) is 0 Å². The van der Waals surface area contributed by atoms with Crippen molar-refractivity contribution in [1.82, 2.24) is 29.8 Å². The summed E-state index contributed by atoms with van der Waals surface area (Å²) in [7, 11) is 0. The molecule has 0 radical (unpaired) electrons. The number of hydrogen-bond donors (Lipinski definition) is 3. The molecule has 4 aromatic heterocycles.